The van der Waals surface area contributed by atoms with E-state index in [-0.39, 0.29) is 23.6 Å². The highest BCUT2D eigenvalue weighted by molar-refractivity contribution is 5.82. The zero-order chi connectivity index (χ0) is 17.2. The Balaban J connectivity index is 1.27. The van der Waals surface area contributed by atoms with Crippen LogP contribution in [-0.2, 0) is 11.2 Å². The Labute approximate surface area is 142 Å². The van der Waals surface area contributed by atoms with Gasteiger partial charge >= 0.3 is 0 Å². The Hall–Kier alpha value is -3.03. The van der Waals surface area contributed by atoms with Gasteiger partial charge in [0.1, 0.15) is 24.2 Å². The third-order valence-electron chi connectivity index (χ3n) is 4.24. The summed E-state index contributed by atoms with van der Waals surface area (Å²) >= 11 is 0. The van der Waals surface area contributed by atoms with Gasteiger partial charge in [-0.2, -0.15) is 5.10 Å². The molecule has 1 aliphatic carbocycles. The molecule has 2 heterocycles. The van der Waals surface area contributed by atoms with Crippen LogP contribution in [0.4, 0.5) is 4.39 Å². The quantitative estimate of drug-likeness (QED) is 0.715. The Morgan fingerprint density at radius 3 is 2.96 bits per heavy atom. The number of rotatable bonds is 6. The molecule has 1 amide bonds. The number of carbonyl (C=O) groups excluding carboxylic acids is 1. The Morgan fingerprint density at radius 1 is 1.36 bits per heavy atom. The fourth-order valence-electron chi connectivity index (χ4n) is 2.77. The summed E-state index contributed by atoms with van der Waals surface area (Å²) in [6.45, 7) is 0.480. The number of benzene rings is 1. The van der Waals surface area contributed by atoms with E-state index < -0.39 is 0 Å². The molecule has 0 bridgehead atoms. The summed E-state index contributed by atoms with van der Waals surface area (Å²) in [5, 5.41) is 9.51. The van der Waals surface area contributed by atoms with Gasteiger partial charge in [0.15, 0.2) is 0 Å². The molecule has 2 N–H and O–H groups in total. The molecular formula is C17H16FN5O2. The van der Waals surface area contributed by atoms with E-state index in [2.05, 4.69) is 25.5 Å². The van der Waals surface area contributed by atoms with E-state index in [1.54, 1.807) is 18.4 Å². The van der Waals surface area contributed by atoms with Crippen molar-refractivity contribution < 1.29 is 13.6 Å². The van der Waals surface area contributed by atoms with Crippen LogP contribution in [0.3, 0.4) is 0 Å². The average Bonchev–Trinajstić information content (AvgIpc) is 3.02. The van der Waals surface area contributed by atoms with Crippen LogP contribution in [-0.4, -0.2) is 32.6 Å². The Morgan fingerprint density at radius 2 is 2.20 bits per heavy atom. The molecule has 2 aromatic heterocycles. The summed E-state index contributed by atoms with van der Waals surface area (Å²) < 4.78 is 18.3. The van der Waals surface area contributed by atoms with Crippen molar-refractivity contribution in [1.82, 2.24) is 25.5 Å². The summed E-state index contributed by atoms with van der Waals surface area (Å²) in [6.07, 6.45) is 4.36. The van der Waals surface area contributed by atoms with Crippen LogP contribution in [0.15, 0.2) is 41.3 Å². The molecule has 0 spiro atoms. The molecular weight excluding hydrogens is 325 g/mol. The van der Waals surface area contributed by atoms with Gasteiger partial charge in [0.05, 0.1) is 5.69 Å². The number of hydrogen-bond acceptors (Lipinski definition) is 5. The molecule has 0 unspecified atom stereocenters. The number of H-pyrrole nitrogens is 1. The van der Waals surface area contributed by atoms with Crippen LogP contribution in [0.5, 0.6) is 0 Å². The van der Waals surface area contributed by atoms with E-state index in [0.29, 0.717) is 24.4 Å². The second-order valence-electron chi connectivity index (χ2n) is 6.01. The van der Waals surface area contributed by atoms with Crippen molar-refractivity contribution in [3.63, 3.8) is 0 Å². The van der Waals surface area contributed by atoms with Gasteiger partial charge in [0.25, 0.3) is 0 Å². The molecule has 2 atom stereocenters. The van der Waals surface area contributed by atoms with Crippen molar-refractivity contribution in [2.45, 2.75) is 18.8 Å². The molecule has 1 fully saturated rings. The van der Waals surface area contributed by atoms with Gasteiger partial charge < -0.3 is 9.73 Å². The number of aromatic amines is 1. The number of nitrogens with one attached hydrogen (secondary N) is 2. The van der Waals surface area contributed by atoms with Crippen LogP contribution >= 0.6 is 0 Å². The molecule has 1 saturated carbocycles. The monoisotopic (exact) mass is 341 g/mol. The summed E-state index contributed by atoms with van der Waals surface area (Å²) in [6, 6.07) is 5.95. The maximum absolute atomic E-state index is 12.9. The van der Waals surface area contributed by atoms with Crippen LogP contribution < -0.4 is 5.32 Å². The minimum absolute atomic E-state index is 0.0173. The van der Waals surface area contributed by atoms with Gasteiger partial charge in [-0.15, -0.1) is 0 Å². The molecule has 3 aromatic rings. The highest BCUT2D eigenvalue weighted by Gasteiger charge is 2.45. The highest BCUT2D eigenvalue weighted by atomic mass is 19.1. The largest absolute Gasteiger partial charge is 0.444 e. The SMILES string of the molecule is O=C(NCCc1coc(-c2ccc(F)cc2)n1)[C@H]1C[C@@H]1c1ncn[nH]1. The lowest BCUT2D eigenvalue weighted by Gasteiger charge is -2.02. The van der Waals surface area contributed by atoms with Crippen molar-refractivity contribution in [2.24, 2.45) is 5.92 Å². The third kappa shape index (κ3) is 3.42. The van der Waals surface area contributed by atoms with Crippen LogP contribution in [0.25, 0.3) is 11.5 Å². The lowest BCUT2D eigenvalue weighted by atomic mass is 10.2. The van der Waals surface area contributed by atoms with E-state index >= 15 is 0 Å². The molecule has 0 aliphatic heterocycles. The number of hydrogen-bond donors (Lipinski definition) is 2. The van der Waals surface area contributed by atoms with E-state index in [1.807, 2.05) is 0 Å². The number of amides is 1. The van der Waals surface area contributed by atoms with Crippen molar-refractivity contribution in [3.05, 3.63) is 54.2 Å². The minimum Gasteiger partial charge on any atom is -0.444 e. The smallest absolute Gasteiger partial charge is 0.226 e. The highest BCUT2D eigenvalue weighted by Crippen LogP contribution is 2.45. The second-order valence-corrected chi connectivity index (χ2v) is 6.01. The molecule has 7 nitrogen and oxygen atoms in total. The summed E-state index contributed by atoms with van der Waals surface area (Å²) in [7, 11) is 0. The lowest BCUT2D eigenvalue weighted by molar-refractivity contribution is -0.122. The van der Waals surface area contributed by atoms with Gasteiger partial charge in [-0.1, -0.05) is 0 Å². The molecule has 1 aliphatic rings. The summed E-state index contributed by atoms with van der Waals surface area (Å²) in [5.74, 6) is 1.01. The van der Waals surface area contributed by atoms with E-state index in [1.165, 1.54) is 18.5 Å². The first kappa shape index (κ1) is 15.5. The number of nitrogens with zero attached hydrogens (tertiary/aromatic N) is 3. The molecule has 1 aromatic carbocycles. The summed E-state index contributed by atoms with van der Waals surface area (Å²) in [4.78, 5) is 20.5. The first-order chi connectivity index (χ1) is 12.2. The molecule has 4 rings (SSSR count). The van der Waals surface area contributed by atoms with E-state index in [4.69, 9.17) is 4.42 Å². The van der Waals surface area contributed by atoms with Crippen LogP contribution in [0.1, 0.15) is 23.9 Å². The van der Waals surface area contributed by atoms with Crippen molar-refractivity contribution in [3.8, 4) is 11.5 Å². The third-order valence-corrected chi connectivity index (χ3v) is 4.24. The maximum atomic E-state index is 12.9. The molecule has 0 radical (unpaired) electrons. The average molecular weight is 341 g/mol. The first-order valence-electron chi connectivity index (χ1n) is 8.04. The van der Waals surface area contributed by atoms with Gasteiger partial charge in [0, 0.05) is 30.4 Å². The molecule has 25 heavy (non-hydrogen) atoms. The normalized spacial score (nSPS) is 18.9. The second kappa shape index (κ2) is 6.46. The topological polar surface area (TPSA) is 96.7 Å². The summed E-state index contributed by atoms with van der Waals surface area (Å²) in [5.41, 5.74) is 1.45. The van der Waals surface area contributed by atoms with E-state index in [0.717, 1.165) is 17.9 Å². The number of halogens is 1. The van der Waals surface area contributed by atoms with Gasteiger partial charge in [-0.05, 0) is 30.7 Å². The Bertz CT molecular complexity index is 860. The zero-order valence-electron chi connectivity index (χ0n) is 13.3. The fraction of sp³-hybridized carbons (Fsp3) is 0.294. The van der Waals surface area contributed by atoms with Crippen molar-refractivity contribution in [2.75, 3.05) is 6.54 Å². The first-order valence-corrected chi connectivity index (χ1v) is 8.04. The predicted octanol–water partition coefficient (Wildman–Crippen LogP) is 2.06. The van der Waals surface area contributed by atoms with Crippen molar-refractivity contribution in [1.29, 1.82) is 0 Å². The van der Waals surface area contributed by atoms with Crippen molar-refractivity contribution >= 4 is 5.91 Å². The zero-order valence-corrected chi connectivity index (χ0v) is 13.3. The number of carbonyl (C=O) groups is 1. The van der Waals surface area contributed by atoms with E-state index in [9.17, 15) is 9.18 Å². The van der Waals surface area contributed by atoms with Crippen LogP contribution in [0, 0.1) is 11.7 Å². The maximum Gasteiger partial charge on any atom is 0.226 e. The van der Waals surface area contributed by atoms with Gasteiger partial charge in [0.2, 0.25) is 11.8 Å². The minimum atomic E-state index is -0.304. The predicted molar refractivity (Wildman–Crippen MR) is 85.8 cm³/mol. The molecule has 0 saturated heterocycles. The molecule has 128 valence electrons. The van der Waals surface area contributed by atoms with Crippen LogP contribution in [0.2, 0.25) is 0 Å². The number of oxazole rings is 1. The van der Waals surface area contributed by atoms with Gasteiger partial charge in [-0.25, -0.2) is 14.4 Å². The fourth-order valence-corrected chi connectivity index (χ4v) is 2.77. The standard InChI is InChI=1S/C17H16FN5O2/c18-11-3-1-10(2-4-11)17-22-12(8-25-17)5-6-19-16(24)14-7-13(14)15-20-9-21-23-15/h1-4,8-9,13-14H,5-7H2,(H,19,24)(H,20,21,23)/t13-,14-/m0/s1. The lowest BCUT2D eigenvalue weighted by Crippen LogP contribution is -2.27. The number of aromatic nitrogens is 4. The molecule has 8 heteroatoms. The Kier molecular flexibility index (Phi) is 4.01. The van der Waals surface area contributed by atoms with Gasteiger partial charge in [-0.3, -0.25) is 9.89 Å².